The van der Waals surface area contributed by atoms with Crippen LogP contribution in [0.2, 0.25) is 0 Å². The Labute approximate surface area is 81.8 Å². The fraction of sp³-hybridized carbons (Fsp3) is 0.300. The lowest BCUT2D eigenvalue weighted by molar-refractivity contribution is 0.210. The van der Waals surface area contributed by atoms with Crippen LogP contribution >= 0.6 is 0 Å². The van der Waals surface area contributed by atoms with E-state index in [9.17, 15) is 0 Å². The molecule has 0 bridgehead atoms. The fourth-order valence-electron chi connectivity index (χ4n) is 1.34. The number of rotatable bonds is 2. The Balaban J connectivity index is 2.53. The van der Waals surface area contributed by atoms with Crippen molar-refractivity contribution in [2.45, 2.75) is 12.5 Å². The van der Waals surface area contributed by atoms with Gasteiger partial charge in [0.25, 0.3) is 0 Å². The van der Waals surface area contributed by atoms with Crippen molar-refractivity contribution < 1.29 is 5.11 Å². The highest BCUT2D eigenvalue weighted by Gasteiger charge is 2.20. The Morgan fingerprint density at radius 2 is 2.43 bits per heavy atom. The van der Waals surface area contributed by atoms with Crippen LogP contribution in [0.3, 0.4) is 0 Å². The predicted molar refractivity (Wildman–Crippen MR) is 54.7 cm³/mol. The number of pyridine rings is 1. The van der Waals surface area contributed by atoms with E-state index in [-0.39, 0.29) is 6.61 Å². The lowest BCUT2D eigenvalue weighted by Crippen LogP contribution is -2.36. The highest BCUT2D eigenvalue weighted by atomic mass is 16.3. The van der Waals surface area contributed by atoms with Gasteiger partial charge in [0.2, 0.25) is 0 Å². The largest absolute Gasteiger partial charge is 0.394 e. The number of fused-ring (bicyclic) bond motifs is 1. The second kappa shape index (κ2) is 3.08. The number of nitrogens with two attached hydrogens (primary N) is 1. The Morgan fingerprint density at radius 1 is 1.64 bits per heavy atom. The van der Waals surface area contributed by atoms with Crippen LogP contribution in [0.15, 0.2) is 24.5 Å². The summed E-state index contributed by atoms with van der Waals surface area (Å²) in [6.07, 6.45) is 3.52. The summed E-state index contributed by atoms with van der Waals surface area (Å²) in [6.45, 7) is 1.69. The molecule has 0 aliphatic carbocycles. The van der Waals surface area contributed by atoms with Crippen molar-refractivity contribution in [1.29, 1.82) is 0 Å². The number of aromatic nitrogens is 2. The topological polar surface area (TPSA) is 74.9 Å². The van der Waals surface area contributed by atoms with Crippen LogP contribution in [0.25, 0.3) is 11.0 Å². The molecule has 0 aliphatic heterocycles. The Hall–Kier alpha value is -1.39. The number of hydrogen-bond acceptors (Lipinski definition) is 3. The molecule has 2 heterocycles. The summed E-state index contributed by atoms with van der Waals surface area (Å²) in [4.78, 5) is 7.21. The maximum absolute atomic E-state index is 9.11. The SMILES string of the molecule is C[C@@](N)(CO)c1cnc2[nH]ccc2c1. The number of hydrogen-bond donors (Lipinski definition) is 3. The Morgan fingerprint density at radius 3 is 3.14 bits per heavy atom. The molecule has 0 unspecified atom stereocenters. The minimum absolute atomic E-state index is 0.0926. The minimum atomic E-state index is -0.724. The summed E-state index contributed by atoms with van der Waals surface area (Å²) in [6, 6.07) is 3.87. The normalized spacial score (nSPS) is 15.6. The van der Waals surface area contributed by atoms with E-state index in [1.165, 1.54) is 0 Å². The lowest BCUT2D eigenvalue weighted by Gasteiger charge is -2.21. The van der Waals surface area contributed by atoms with E-state index in [0.29, 0.717) is 0 Å². The van der Waals surface area contributed by atoms with Gasteiger partial charge in [-0.15, -0.1) is 0 Å². The maximum Gasteiger partial charge on any atom is 0.137 e. The zero-order valence-corrected chi connectivity index (χ0v) is 7.99. The summed E-state index contributed by atoms with van der Waals surface area (Å²) in [7, 11) is 0. The Bertz CT molecular complexity index is 447. The van der Waals surface area contributed by atoms with Crippen LogP contribution in [0.4, 0.5) is 0 Å². The summed E-state index contributed by atoms with van der Waals surface area (Å²) < 4.78 is 0. The summed E-state index contributed by atoms with van der Waals surface area (Å²) in [5.41, 5.74) is 6.85. The first-order valence-electron chi connectivity index (χ1n) is 4.47. The molecule has 4 nitrogen and oxygen atoms in total. The van der Waals surface area contributed by atoms with Crippen molar-refractivity contribution in [2.24, 2.45) is 5.73 Å². The van der Waals surface area contributed by atoms with Gasteiger partial charge in [-0.05, 0) is 24.6 Å². The molecule has 0 aromatic carbocycles. The van der Waals surface area contributed by atoms with Gasteiger partial charge in [-0.3, -0.25) is 0 Å². The van der Waals surface area contributed by atoms with Gasteiger partial charge >= 0.3 is 0 Å². The van der Waals surface area contributed by atoms with E-state index >= 15 is 0 Å². The van der Waals surface area contributed by atoms with Gasteiger partial charge in [0.1, 0.15) is 5.65 Å². The molecule has 0 amide bonds. The summed E-state index contributed by atoms with van der Waals surface area (Å²) >= 11 is 0. The molecule has 2 rings (SSSR count). The zero-order chi connectivity index (χ0) is 10.2. The first kappa shape index (κ1) is 9.18. The maximum atomic E-state index is 9.11. The molecule has 0 radical (unpaired) electrons. The predicted octanol–water partition coefficient (Wildman–Crippen LogP) is 0.729. The van der Waals surface area contributed by atoms with Crippen molar-refractivity contribution in [3.05, 3.63) is 30.1 Å². The third-order valence-corrected chi connectivity index (χ3v) is 2.39. The van der Waals surface area contributed by atoms with E-state index in [1.54, 1.807) is 13.1 Å². The van der Waals surface area contributed by atoms with Crippen LogP contribution < -0.4 is 5.73 Å². The molecule has 0 spiro atoms. The van der Waals surface area contributed by atoms with E-state index < -0.39 is 5.54 Å². The standard InChI is InChI=1S/C10H13N3O/c1-10(11,6-14)8-4-7-2-3-12-9(7)13-5-8/h2-5,14H,6,11H2,1H3,(H,12,13)/t10-/m1/s1. The number of aromatic amines is 1. The second-order valence-electron chi connectivity index (χ2n) is 3.72. The van der Waals surface area contributed by atoms with Gasteiger partial charge in [0.05, 0.1) is 12.1 Å². The van der Waals surface area contributed by atoms with E-state index in [1.807, 2.05) is 18.3 Å². The molecule has 74 valence electrons. The van der Waals surface area contributed by atoms with Gasteiger partial charge in [-0.2, -0.15) is 0 Å². The molecule has 2 aromatic heterocycles. The van der Waals surface area contributed by atoms with Crippen LogP contribution in [-0.4, -0.2) is 21.7 Å². The van der Waals surface area contributed by atoms with Crippen molar-refractivity contribution in [2.75, 3.05) is 6.61 Å². The lowest BCUT2D eigenvalue weighted by atomic mass is 9.95. The first-order valence-corrected chi connectivity index (χ1v) is 4.47. The summed E-state index contributed by atoms with van der Waals surface area (Å²) in [5.74, 6) is 0. The third kappa shape index (κ3) is 1.38. The van der Waals surface area contributed by atoms with Crippen molar-refractivity contribution >= 4 is 11.0 Å². The van der Waals surface area contributed by atoms with Crippen LogP contribution in [-0.2, 0) is 5.54 Å². The van der Waals surface area contributed by atoms with Gasteiger partial charge in [0, 0.05) is 17.8 Å². The molecule has 0 fully saturated rings. The number of nitrogens with one attached hydrogen (secondary N) is 1. The van der Waals surface area contributed by atoms with Crippen LogP contribution in [0.5, 0.6) is 0 Å². The Kier molecular flexibility index (Phi) is 2.02. The zero-order valence-electron chi connectivity index (χ0n) is 7.99. The molecule has 0 saturated carbocycles. The monoisotopic (exact) mass is 191 g/mol. The third-order valence-electron chi connectivity index (χ3n) is 2.39. The van der Waals surface area contributed by atoms with E-state index in [2.05, 4.69) is 9.97 Å². The van der Waals surface area contributed by atoms with Gasteiger partial charge in [0.15, 0.2) is 0 Å². The van der Waals surface area contributed by atoms with E-state index in [0.717, 1.165) is 16.6 Å². The number of nitrogens with zero attached hydrogens (tertiary/aromatic N) is 1. The number of aliphatic hydroxyl groups is 1. The molecule has 4 heteroatoms. The van der Waals surface area contributed by atoms with Crippen LogP contribution in [0.1, 0.15) is 12.5 Å². The first-order chi connectivity index (χ1) is 6.63. The fourth-order valence-corrected chi connectivity index (χ4v) is 1.34. The molecule has 1 atom stereocenters. The molecular formula is C10H13N3O. The van der Waals surface area contributed by atoms with Gasteiger partial charge < -0.3 is 15.8 Å². The van der Waals surface area contributed by atoms with E-state index in [4.69, 9.17) is 10.8 Å². The molecule has 2 aromatic rings. The second-order valence-corrected chi connectivity index (χ2v) is 3.72. The molecule has 14 heavy (non-hydrogen) atoms. The highest BCUT2D eigenvalue weighted by Crippen LogP contribution is 2.19. The smallest absolute Gasteiger partial charge is 0.137 e. The van der Waals surface area contributed by atoms with Gasteiger partial charge in [-0.25, -0.2) is 4.98 Å². The minimum Gasteiger partial charge on any atom is -0.394 e. The van der Waals surface area contributed by atoms with Crippen LogP contribution in [0, 0.1) is 0 Å². The van der Waals surface area contributed by atoms with Crippen molar-refractivity contribution in [3.8, 4) is 0 Å². The molecule has 0 saturated heterocycles. The molecule has 0 aliphatic rings. The summed E-state index contributed by atoms with van der Waals surface area (Å²) in [5, 5.41) is 10.1. The highest BCUT2D eigenvalue weighted by molar-refractivity contribution is 5.75. The quantitative estimate of drug-likeness (QED) is 0.655. The van der Waals surface area contributed by atoms with Crippen molar-refractivity contribution in [1.82, 2.24) is 9.97 Å². The average Bonchev–Trinajstić information content (AvgIpc) is 2.64. The van der Waals surface area contributed by atoms with Gasteiger partial charge in [-0.1, -0.05) is 0 Å². The molecular weight excluding hydrogens is 178 g/mol. The average molecular weight is 191 g/mol. The number of aliphatic hydroxyl groups excluding tert-OH is 1. The number of H-pyrrole nitrogens is 1. The van der Waals surface area contributed by atoms with Crippen molar-refractivity contribution in [3.63, 3.8) is 0 Å². The molecule has 4 N–H and O–H groups in total.